The van der Waals surface area contributed by atoms with Crippen LogP contribution in [0.25, 0.3) is 5.69 Å². The monoisotopic (exact) mass is 376 g/mol. The average molecular weight is 376 g/mol. The molecule has 0 fully saturated rings. The molecule has 3 aromatic heterocycles. The van der Waals surface area contributed by atoms with Crippen LogP contribution in [0.3, 0.4) is 0 Å². The van der Waals surface area contributed by atoms with Crippen molar-refractivity contribution in [3.05, 3.63) is 94.7 Å². The number of thiophene rings is 1. The normalized spacial score (nSPS) is 10.8. The third-order valence-corrected chi connectivity index (χ3v) is 5.19. The van der Waals surface area contributed by atoms with Crippen LogP contribution in [0, 0.1) is 0 Å². The molecular formula is C21H20N4OS. The Hall–Kier alpha value is -3.12. The molecule has 1 amide bonds. The second-order valence-corrected chi connectivity index (χ2v) is 7.27. The molecule has 1 N–H and O–H groups in total. The summed E-state index contributed by atoms with van der Waals surface area (Å²) in [6, 6.07) is 17.9. The van der Waals surface area contributed by atoms with Crippen molar-refractivity contribution in [2.45, 2.75) is 13.0 Å². The Morgan fingerprint density at radius 3 is 2.78 bits per heavy atom. The van der Waals surface area contributed by atoms with Crippen LogP contribution in [-0.4, -0.2) is 26.8 Å². The second-order valence-electron chi connectivity index (χ2n) is 6.24. The van der Waals surface area contributed by atoms with E-state index in [-0.39, 0.29) is 5.91 Å². The smallest absolute Gasteiger partial charge is 0.267 e. The molecule has 27 heavy (non-hydrogen) atoms. The van der Waals surface area contributed by atoms with Gasteiger partial charge in [-0.1, -0.05) is 24.3 Å². The number of nitrogens with zero attached hydrogens (tertiary/aromatic N) is 3. The number of hydrogen-bond donors (Lipinski definition) is 1. The molecule has 0 unspecified atom stereocenters. The number of rotatable bonds is 7. The molecule has 0 aliphatic heterocycles. The highest BCUT2D eigenvalue weighted by atomic mass is 32.1. The van der Waals surface area contributed by atoms with Crippen molar-refractivity contribution in [3.8, 4) is 5.69 Å². The van der Waals surface area contributed by atoms with Gasteiger partial charge in [-0.05, 0) is 47.7 Å². The summed E-state index contributed by atoms with van der Waals surface area (Å²) in [5, 5.41) is 9.45. The highest BCUT2D eigenvalue weighted by Gasteiger charge is 2.11. The molecule has 136 valence electrons. The van der Waals surface area contributed by atoms with Crippen LogP contribution in [0.15, 0.2) is 78.6 Å². The molecule has 0 spiro atoms. The van der Waals surface area contributed by atoms with Crippen LogP contribution in [0.5, 0.6) is 0 Å². The number of aromatic nitrogens is 3. The molecule has 4 aromatic rings. The zero-order valence-corrected chi connectivity index (χ0v) is 15.6. The van der Waals surface area contributed by atoms with Crippen LogP contribution in [0.4, 0.5) is 0 Å². The van der Waals surface area contributed by atoms with Crippen molar-refractivity contribution >= 4 is 17.2 Å². The third-order valence-electron chi connectivity index (χ3n) is 4.32. The summed E-state index contributed by atoms with van der Waals surface area (Å²) in [7, 11) is 0. The van der Waals surface area contributed by atoms with Crippen LogP contribution in [0.1, 0.15) is 20.9 Å². The zero-order chi connectivity index (χ0) is 18.5. The Bertz CT molecular complexity index is 1000. The van der Waals surface area contributed by atoms with E-state index in [0.29, 0.717) is 12.2 Å². The summed E-state index contributed by atoms with van der Waals surface area (Å²) < 4.78 is 3.83. The van der Waals surface area contributed by atoms with Gasteiger partial charge in [0.2, 0.25) is 0 Å². The van der Waals surface area contributed by atoms with Gasteiger partial charge in [-0.25, -0.2) is 4.68 Å². The van der Waals surface area contributed by atoms with Crippen molar-refractivity contribution in [2.75, 3.05) is 6.54 Å². The maximum absolute atomic E-state index is 12.5. The Labute approximate surface area is 161 Å². The fourth-order valence-electron chi connectivity index (χ4n) is 2.95. The minimum absolute atomic E-state index is 0.0491. The van der Waals surface area contributed by atoms with Gasteiger partial charge in [-0.3, -0.25) is 4.79 Å². The van der Waals surface area contributed by atoms with Gasteiger partial charge >= 0.3 is 0 Å². The molecule has 0 aliphatic carbocycles. The second kappa shape index (κ2) is 8.05. The van der Waals surface area contributed by atoms with Crippen LogP contribution in [-0.2, 0) is 13.0 Å². The molecule has 0 saturated carbocycles. The molecule has 0 bridgehead atoms. The van der Waals surface area contributed by atoms with Crippen LogP contribution in [0.2, 0.25) is 0 Å². The number of para-hydroxylation sites is 1. The predicted molar refractivity (Wildman–Crippen MR) is 107 cm³/mol. The van der Waals surface area contributed by atoms with Crippen LogP contribution < -0.4 is 5.32 Å². The van der Waals surface area contributed by atoms with Crippen LogP contribution >= 0.6 is 11.3 Å². The lowest BCUT2D eigenvalue weighted by Crippen LogP contribution is -2.27. The zero-order valence-electron chi connectivity index (χ0n) is 14.8. The molecule has 3 heterocycles. The van der Waals surface area contributed by atoms with Crippen molar-refractivity contribution in [2.24, 2.45) is 0 Å². The SMILES string of the molecule is O=C(NCCc1cnn(-c2ccccc2)c1)c1cccn1Cc1cccs1. The Morgan fingerprint density at radius 1 is 1.07 bits per heavy atom. The Balaban J connectivity index is 1.33. The lowest BCUT2D eigenvalue weighted by molar-refractivity contribution is 0.0945. The largest absolute Gasteiger partial charge is 0.350 e. The number of nitrogens with one attached hydrogen (secondary N) is 1. The minimum atomic E-state index is -0.0491. The molecule has 5 nitrogen and oxygen atoms in total. The highest BCUT2D eigenvalue weighted by Crippen LogP contribution is 2.13. The van der Waals surface area contributed by atoms with Gasteiger partial charge in [-0.15, -0.1) is 11.3 Å². The summed E-state index contributed by atoms with van der Waals surface area (Å²) >= 11 is 1.70. The first-order valence-corrected chi connectivity index (χ1v) is 9.72. The molecule has 0 aliphatic rings. The standard InChI is InChI=1S/C21H20N4OS/c26-21(20-9-4-12-24(20)16-19-8-5-13-27-19)22-11-10-17-14-23-25(15-17)18-6-2-1-3-7-18/h1-9,12-15H,10-11,16H2,(H,22,26). The van der Waals surface area contributed by atoms with Gasteiger partial charge in [0.05, 0.1) is 18.4 Å². The molecule has 0 atom stereocenters. The molecule has 4 rings (SSSR count). The van der Waals surface area contributed by atoms with Gasteiger partial charge in [0.15, 0.2) is 0 Å². The summed E-state index contributed by atoms with van der Waals surface area (Å²) in [5.41, 5.74) is 2.80. The maximum atomic E-state index is 12.5. The number of hydrogen-bond acceptors (Lipinski definition) is 3. The number of carbonyl (C=O) groups is 1. The van der Waals surface area contributed by atoms with E-state index in [4.69, 9.17) is 0 Å². The fraction of sp³-hybridized carbons (Fsp3) is 0.143. The average Bonchev–Trinajstić information content (AvgIpc) is 3.45. The van der Waals surface area contributed by atoms with E-state index in [1.807, 2.05) is 81.8 Å². The number of carbonyl (C=O) groups excluding carboxylic acids is 1. The molecule has 6 heteroatoms. The van der Waals surface area contributed by atoms with Crippen molar-refractivity contribution in [1.29, 1.82) is 0 Å². The fourth-order valence-corrected chi connectivity index (χ4v) is 3.65. The molecular weight excluding hydrogens is 356 g/mol. The summed E-state index contributed by atoms with van der Waals surface area (Å²) in [4.78, 5) is 13.8. The van der Waals surface area contributed by atoms with E-state index in [1.165, 1.54) is 4.88 Å². The summed E-state index contributed by atoms with van der Waals surface area (Å²) in [5.74, 6) is -0.0491. The summed E-state index contributed by atoms with van der Waals surface area (Å²) in [6.07, 6.45) is 6.53. The van der Waals surface area contributed by atoms with Gasteiger partial charge in [-0.2, -0.15) is 5.10 Å². The van der Waals surface area contributed by atoms with E-state index in [0.717, 1.165) is 24.2 Å². The lowest BCUT2D eigenvalue weighted by Gasteiger charge is -2.08. The van der Waals surface area contributed by atoms with Gasteiger partial charge < -0.3 is 9.88 Å². The van der Waals surface area contributed by atoms with Gasteiger partial charge in [0, 0.05) is 23.8 Å². The first-order chi connectivity index (χ1) is 13.3. The topological polar surface area (TPSA) is 51.9 Å². The van der Waals surface area contributed by atoms with E-state index < -0.39 is 0 Å². The van der Waals surface area contributed by atoms with Crippen molar-refractivity contribution in [3.63, 3.8) is 0 Å². The van der Waals surface area contributed by atoms with E-state index in [1.54, 1.807) is 11.3 Å². The predicted octanol–water partition coefficient (Wildman–Crippen LogP) is 3.76. The first-order valence-electron chi connectivity index (χ1n) is 8.84. The van der Waals surface area contributed by atoms with E-state index >= 15 is 0 Å². The van der Waals surface area contributed by atoms with Gasteiger partial charge in [0.1, 0.15) is 5.69 Å². The van der Waals surface area contributed by atoms with E-state index in [2.05, 4.69) is 16.5 Å². The van der Waals surface area contributed by atoms with Crippen molar-refractivity contribution < 1.29 is 4.79 Å². The lowest BCUT2D eigenvalue weighted by atomic mass is 10.2. The van der Waals surface area contributed by atoms with Crippen molar-refractivity contribution in [1.82, 2.24) is 19.7 Å². The minimum Gasteiger partial charge on any atom is -0.350 e. The Morgan fingerprint density at radius 2 is 1.96 bits per heavy atom. The highest BCUT2D eigenvalue weighted by molar-refractivity contribution is 7.09. The summed E-state index contributed by atoms with van der Waals surface area (Å²) in [6.45, 7) is 1.29. The van der Waals surface area contributed by atoms with E-state index in [9.17, 15) is 4.79 Å². The third kappa shape index (κ3) is 4.17. The molecule has 0 saturated heterocycles. The molecule has 0 radical (unpaired) electrons. The Kier molecular flexibility index (Phi) is 5.16. The van der Waals surface area contributed by atoms with Gasteiger partial charge in [0.25, 0.3) is 5.91 Å². The maximum Gasteiger partial charge on any atom is 0.267 e. The number of benzene rings is 1. The molecule has 1 aromatic carbocycles. The quantitative estimate of drug-likeness (QED) is 0.534. The first kappa shape index (κ1) is 17.3. The number of amides is 1.